The third-order valence-corrected chi connectivity index (χ3v) is 4.00. The van der Waals surface area contributed by atoms with Crippen LogP contribution in [0.25, 0.3) is 0 Å². The number of imidazole rings is 1. The van der Waals surface area contributed by atoms with Gasteiger partial charge in [0.2, 0.25) is 0 Å². The van der Waals surface area contributed by atoms with Crippen molar-refractivity contribution in [1.82, 2.24) is 14.9 Å². The molecule has 1 saturated heterocycles. The molecule has 3 rings (SSSR count). The lowest BCUT2D eigenvalue weighted by atomic mass is 10.2. The number of thiophene rings is 1. The second kappa shape index (κ2) is 4.57. The van der Waals surface area contributed by atoms with Gasteiger partial charge in [-0.05, 0) is 31.2 Å². The summed E-state index contributed by atoms with van der Waals surface area (Å²) in [4.78, 5) is 21.9. The molecule has 2 aromatic rings. The number of aryl methyl sites for hydroxylation is 1. The molecule has 1 aliphatic heterocycles. The number of rotatable bonds is 2. The molecule has 1 fully saturated rings. The summed E-state index contributed by atoms with van der Waals surface area (Å²) in [5, 5.41) is 3.85. The van der Waals surface area contributed by atoms with Crippen molar-refractivity contribution in [2.45, 2.75) is 25.8 Å². The quantitative estimate of drug-likeness (QED) is 0.903. The summed E-state index contributed by atoms with van der Waals surface area (Å²) in [6.45, 7) is 2.80. The van der Waals surface area contributed by atoms with Gasteiger partial charge in [-0.25, -0.2) is 4.98 Å². The van der Waals surface area contributed by atoms with E-state index >= 15 is 0 Å². The van der Waals surface area contributed by atoms with Gasteiger partial charge in [0.15, 0.2) is 0 Å². The maximum absolute atomic E-state index is 12.4. The lowest BCUT2D eigenvalue weighted by Gasteiger charge is -2.22. The monoisotopic (exact) mass is 261 g/mol. The lowest BCUT2D eigenvalue weighted by Crippen LogP contribution is -2.30. The zero-order valence-corrected chi connectivity index (χ0v) is 11.0. The minimum atomic E-state index is 0.103. The lowest BCUT2D eigenvalue weighted by molar-refractivity contribution is 0.0731. The number of likely N-dealkylation sites (tertiary alicyclic amines) is 1. The van der Waals surface area contributed by atoms with Crippen molar-refractivity contribution in [1.29, 1.82) is 0 Å². The van der Waals surface area contributed by atoms with Gasteiger partial charge < -0.3 is 9.88 Å². The van der Waals surface area contributed by atoms with Crippen LogP contribution in [-0.2, 0) is 0 Å². The molecule has 1 unspecified atom stereocenters. The zero-order valence-electron chi connectivity index (χ0n) is 10.2. The van der Waals surface area contributed by atoms with Crippen LogP contribution >= 0.6 is 11.3 Å². The van der Waals surface area contributed by atoms with Gasteiger partial charge in [-0.15, -0.1) is 0 Å². The molecule has 0 radical (unpaired) electrons. The highest BCUT2D eigenvalue weighted by Crippen LogP contribution is 2.31. The van der Waals surface area contributed by atoms with Crippen LogP contribution in [0.1, 0.15) is 40.8 Å². The Hall–Kier alpha value is -1.62. The van der Waals surface area contributed by atoms with E-state index in [1.807, 2.05) is 34.8 Å². The fourth-order valence-corrected chi connectivity index (χ4v) is 3.08. The number of H-pyrrole nitrogens is 1. The highest BCUT2D eigenvalue weighted by atomic mass is 32.1. The van der Waals surface area contributed by atoms with Crippen LogP contribution in [0.4, 0.5) is 0 Å². The van der Waals surface area contributed by atoms with E-state index in [0.29, 0.717) is 0 Å². The summed E-state index contributed by atoms with van der Waals surface area (Å²) in [5.74, 6) is 1.03. The van der Waals surface area contributed by atoms with Crippen molar-refractivity contribution >= 4 is 17.2 Å². The number of nitrogens with one attached hydrogen (secondary N) is 1. The summed E-state index contributed by atoms with van der Waals surface area (Å²) in [5.41, 5.74) is 1.83. The van der Waals surface area contributed by atoms with Gasteiger partial charge in [0.25, 0.3) is 5.91 Å². The summed E-state index contributed by atoms with van der Waals surface area (Å²) < 4.78 is 0. The van der Waals surface area contributed by atoms with E-state index in [-0.39, 0.29) is 11.9 Å². The average Bonchev–Trinajstić information content (AvgIpc) is 3.09. The second-order valence-electron chi connectivity index (χ2n) is 4.62. The fraction of sp³-hybridized carbons (Fsp3) is 0.385. The first-order valence-corrected chi connectivity index (χ1v) is 7.04. The van der Waals surface area contributed by atoms with Crippen molar-refractivity contribution in [2.75, 3.05) is 6.54 Å². The SMILES string of the molecule is Cc1cnc(C2CCCN2C(=O)c2ccsc2)[nH]1. The smallest absolute Gasteiger partial charge is 0.255 e. The van der Waals surface area contributed by atoms with Gasteiger partial charge in [-0.2, -0.15) is 11.3 Å². The molecule has 0 aliphatic carbocycles. The maximum atomic E-state index is 12.4. The third kappa shape index (κ3) is 1.95. The Bertz CT molecular complexity index is 546. The molecule has 0 spiro atoms. The van der Waals surface area contributed by atoms with Gasteiger partial charge in [-0.1, -0.05) is 0 Å². The van der Waals surface area contributed by atoms with E-state index < -0.39 is 0 Å². The maximum Gasteiger partial charge on any atom is 0.255 e. The number of hydrogen-bond donors (Lipinski definition) is 1. The Morgan fingerprint density at radius 2 is 2.50 bits per heavy atom. The van der Waals surface area contributed by atoms with E-state index in [0.717, 1.165) is 36.5 Å². The molecule has 0 aromatic carbocycles. The first kappa shape index (κ1) is 11.5. The molecule has 94 valence electrons. The zero-order chi connectivity index (χ0) is 12.5. The Morgan fingerprint density at radius 1 is 1.61 bits per heavy atom. The molecule has 1 atom stereocenters. The van der Waals surface area contributed by atoms with Crippen LogP contribution in [0.2, 0.25) is 0 Å². The van der Waals surface area contributed by atoms with Crippen LogP contribution in [0, 0.1) is 6.92 Å². The molecule has 1 amide bonds. The number of carbonyl (C=O) groups is 1. The number of hydrogen-bond acceptors (Lipinski definition) is 3. The molecular formula is C13H15N3OS. The van der Waals surface area contributed by atoms with Gasteiger partial charge in [-0.3, -0.25) is 4.79 Å². The first-order valence-electron chi connectivity index (χ1n) is 6.10. The van der Waals surface area contributed by atoms with Gasteiger partial charge in [0.05, 0.1) is 11.6 Å². The van der Waals surface area contributed by atoms with Gasteiger partial charge >= 0.3 is 0 Å². The Balaban J connectivity index is 1.85. The molecular weight excluding hydrogens is 246 g/mol. The predicted octanol–water partition coefficient (Wildman–Crippen LogP) is 2.76. The number of aromatic nitrogens is 2. The molecule has 1 N–H and O–H groups in total. The van der Waals surface area contributed by atoms with E-state index in [4.69, 9.17) is 0 Å². The van der Waals surface area contributed by atoms with E-state index in [1.54, 1.807) is 11.3 Å². The normalized spacial score (nSPS) is 19.4. The minimum Gasteiger partial charge on any atom is -0.344 e. The van der Waals surface area contributed by atoms with Crippen molar-refractivity contribution in [3.05, 3.63) is 40.1 Å². The van der Waals surface area contributed by atoms with Crippen LogP contribution in [-0.4, -0.2) is 27.3 Å². The summed E-state index contributed by atoms with van der Waals surface area (Å²) in [7, 11) is 0. The van der Waals surface area contributed by atoms with Crippen molar-refractivity contribution < 1.29 is 4.79 Å². The number of carbonyl (C=O) groups excluding carboxylic acids is 1. The molecule has 0 bridgehead atoms. The van der Waals surface area contributed by atoms with Gasteiger partial charge in [0.1, 0.15) is 5.82 Å². The molecule has 4 nitrogen and oxygen atoms in total. The van der Waals surface area contributed by atoms with Gasteiger partial charge in [0, 0.05) is 23.8 Å². The highest BCUT2D eigenvalue weighted by Gasteiger charge is 2.32. The minimum absolute atomic E-state index is 0.103. The molecule has 2 aromatic heterocycles. The third-order valence-electron chi connectivity index (χ3n) is 3.32. The first-order chi connectivity index (χ1) is 8.75. The topological polar surface area (TPSA) is 49.0 Å². The largest absolute Gasteiger partial charge is 0.344 e. The molecule has 0 saturated carbocycles. The van der Waals surface area contributed by atoms with Crippen molar-refractivity contribution in [2.24, 2.45) is 0 Å². The summed E-state index contributed by atoms with van der Waals surface area (Å²) >= 11 is 1.56. The summed E-state index contributed by atoms with van der Waals surface area (Å²) in [6.07, 6.45) is 3.85. The molecule has 3 heterocycles. The van der Waals surface area contributed by atoms with E-state index in [1.165, 1.54) is 0 Å². The second-order valence-corrected chi connectivity index (χ2v) is 5.40. The van der Waals surface area contributed by atoms with Crippen molar-refractivity contribution in [3.63, 3.8) is 0 Å². The molecule has 18 heavy (non-hydrogen) atoms. The Kier molecular flexibility index (Phi) is 2.91. The van der Waals surface area contributed by atoms with Crippen LogP contribution < -0.4 is 0 Å². The highest BCUT2D eigenvalue weighted by molar-refractivity contribution is 7.08. The Labute approximate surface area is 110 Å². The van der Waals surface area contributed by atoms with E-state index in [9.17, 15) is 4.79 Å². The Morgan fingerprint density at radius 3 is 3.17 bits per heavy atom. The fourth-order valence-electron chi connectivity index (χ4n) is 2.45. The number of aromatic amines is 1. The summed E-state index contributed by atoms with van der Waals surface area (Å²) in [6, 6.07) is 1.99. The van der Waals surface area contributed by atoms with Crippen LogP contribution in [0.15, 0.2) is 23.0 Å². The van der Waals surface area contributed by atoms with Crippen molar-refractivity contribution in [3.8, 4) is 0 Å². The predicted molar refractivity (Wildman–Crippen MR) is 70.7 cm³/mol. The number of nitrogens with zero attached hydrogens (tertiary/aromatic N) is 2. The van der Waals surface area contributed by atoms with Crippen LogP contribution in [0.3, 0.4) is 0 Å². The molecule has 5 heteroatoms. The average molecular weight is 261 g/mol. The molecule has 1 aliphatic rings. The standard InChI is InChI=1S/C13H15N3OS/c1-9-7-14-12(15-9)11-3-2-5-16(11)13(17)10-4-6-18-8-10/h4,6-8,11H,2-3,5H2,1H3,(H,14,15). The van der Waals surface area contributed by atoms with Crippen LogP contribution in [0.5, 0.6) is 0 Å². The number of amides is 1. The van der Waals surface area contributed by atoms with E-state index in [2.05, 4.69) is 9.97 Å².